The second kappa shape index (κ2) is 8.87. The van der Waals surface area contributed by atoms with Gasteiger partial charge in [-0.3, -0.25) is 4.79 Å². The van der Waals surface area contributed by atoms with Crippen molar-refractivity contribution in [1.82, 2.24) is 0 Å². The van der Waals surface area contributed by atoms with Gasteiger partial charge in [0.1, 0.15) is 5.78 Å². The van der Waals surface area contributed by atoms with Crippen molar-refractivity contribution in [3.05, 3.63) is 20.8 Å². The van der Waals surface area contributed by atoms with E-state index in [9.17, 15) is 4.79 Å². The molecule has 0 spiro atoms. The van der Waals surface area contributed by atoms with E-state index >= 15 is 0 Å². The van der Waals surface area contributed by atoms with Crippen LogP contribution in [0.25, 0.3) is 0 Å². The van der Waals surface area contributed by atoms with Gasteiger partial charge in [-0.1, -0.05) is 39.0 Å². The standard InChI is InChI=1S/C14H21BrOS/c1-2-3-4-5-6-7-8-12(16)11-13-9-10-14(15)17-13/h9-10H,2-8,11H2,1H3. The van der Waals surface area contributed by atoms with Crippen molar-refractivity contribution in [2.45, 2.75) is 58.3 Å². The molecular formula is C14H21BrOS. The maximum absolute atomic E-state index is 11.7. The normalized spacial score (nSPS) is 10.7. The van der Waals surface area contributed by atoms with Crippen LogP contribution >= 0.6 is 27.3 Å². The van der Waals surface area contributed by atoms with Crippen molar-refractivity contribution in [3.8, 4) is 0 Å². The van der Waals surface area contributed by atoms with Crippen molar-refractivity contribution in [2.24, 2.45) is 0 Å². The summed E-state index contributed by atoms with van der Waals surface area (Å²) in [5, 5.41) is 0. The molecule has 1 heterocycles. The number of hydrogen-bond acceptors (Lipinski definition) is 2. The number of ketones is 1. The van der Waals surface area contributed by atoms with Gasteiger partial charge >= 0.3 is 0 Å². The highest BCUT2D eigenvalue weighted by Gasteiger charge is 2.05. The van der Waals surface area contributed by atoms with Crippen molar-refractivity contribution in [3.63, 3.8) is 0 Å². The molecule has 1 nitrogen and oxygen atoms in total. The molecule has 1 rings (SSSR count). The fraction of sp³-hybridized carbons (Fsp3) is 0.643. The average molecular weight is 317 g/mol. The van der Waals surface area contributed by atoms with Gasteiger partial charge in [0.2, 0.25) is 0 Å². The molecule has 0 radical (unpaired) electrons. The Bertz CT molecular complexity index is 333. The first-order valence-corrected chi connectivity index (χ1v) is 8.09. The molecule has 1 aromatic heterocycles. The van der Waals surface area contributed by atoms with Crippen molar-refractivity contribution in [2.75, 3.05) is 0 Å². The van der Waals surface area contributed by atoms with Gasteiger partial charge in [0.05, 0.1) is 3.79 Å². The maximum atomic E-state index is 11.7. The molecule has 0 atom stereocenters. The van der Waals surface area contributed by atoms with Crippen LogP contribution in [0, 0.1) is 0 Å². The molecule has 17 heavy (non-hydrogen) atoms. The minimum Gasteiger partial charge on any atom is -0.299 e. The van der Waals surface area contributed by atoms with Crippen LogP contribution < -0.4 is 0 Å². The third kappa shape index (κ3) is 6.99. The quantitative estimate of drug-likeness (QED) is 0.559. The second-order valence-corrected chi connectivity index (χ2v) is 6.99. The number of thiophene rings is 1. The average Bonchev–Trinajstić information content (AvgIpc) is 2.69. The fourth-order valence-corrected chi connectivity index (χ4v) is 3.34. The van der Waals surface area contributed by atoms with E-state index in [1.807, 2.05) is 12.1 Å². The van der Waals surface area contributed by atoms with Gasteiger partial charge in [-0.05, 0) is 34.5 Å². The molecule has 1 aromatic rings. The zero-order valence-corrected chi connectivity index (χ0v) is 12.9. The Morgan fingerprint density at radius 1 is 1.18 bits per heavy atom. The van der Waals surface area contributed by atoms with Crippen molar-refractivity contribution < 1.29 is 4.79 Å². The third-order valence-corrected chi connectivity index (χ3v) is 4.43. The molecule has 0 aromatic carbocycles. The molecule has 0 aliphatic carbocycles. The summed E-state index contributed by atoms with van der Waals surface area (Å²) < 4.78 is 1.11. The largest absolute Gasteiger partial charge is 0.299 e. The summed E-state index contributed by atoms with van der Waals surface area (Å²) in [6.45, 7) is 2.22. The number of carbonyl (C=O) groups excluding carboxylic acids is 1. The Hall–Kier alpha value is -0.150. The molecular weight excluding hydrogens is 296 g/mol. The molecule has 0 unspecified atom stereocenters. The molecule has 0 saturated carbocycles. The van der Waals surface area contributed by atoms with E-state index in [0.29, 0.717) is 12.2 Å². The number of hydrogen-bond donors (Lipinski definition) is 0. The molecule has 0 amide bonds. The van der Waals surface area contributed by atoms with Gasteiger partial charge in [0.15, 0.2) is 0 Å². The fourth-order valence-electron chi connectivity index (χ4n) is 1.83. The molecule has 0 N–H and O–H groups in total. The third-order valence-electron chi connectivity index (χ3n) is 2.81. The van der Waals surface area contributed by atoms with Gasteiger partial charge in [-0.25, -0.2) is 0 Å². The minimum atomic E-state index is 0.384. The number of rotatable bonds is 9. The van der Waals surface area contributed by atoms with Crippen LogP contribution in [0.1, 0.15) is 56.7 Å². The number of carbonyl (C=O) groups is 1. The summed E-state index contributed by atoms with van der Waals surface area (Å²) in [5.41, 5.74) is 0. The Balaban J connectivity index is 2.05. The zero-order chi connectivity index (χ0) is 12.5. The van der Waals surface area contributed by atoms with Gasteiger partial charge in [0.25, 0.3) is 0 Å². The SMILES string of the molecule is CCCCCCCCC(=O)Cc1ccc(Br)s1. The van der Waals surface area contributed by atoms with Gasteiger partial charge in [-0.2, -0.15) is 0 Å². The lowest BCUT2D eigenvalue weighted by atomic mass is 10.1. The topological polar surface area (TPSA) is 17.1 Å². The lowest BCUT2D eigenvalue weighted by molar-refractivity contribution is -0.118. The van der Waals surface area contributed by atoms with Crippen molar-refractivity contribution in [1.29, 1.82) is 0 Å². The summed E-state index contributed by atoms with van der Waals surface area (Å²) >= 11 is 5.08. The van der Waals surface area contributed by atoms with E-state index in [1.54, 1.807) is 11.3 Å². The molecule has 0 aliphatic rings. The van der Waals surface area contributed by atoms with Crippen molar-refractivity contribution >= 4 is 33.0 Å². The molecule has 3 heteroatoms. The van der Waals surface area contributed by atoms with Crippen LogP contribution in [0.5, 0.6) is 0 Å². The Labute approximate surface area is 117 Å². The van der Waals surface area contributed by atoms with E-state index in [0.717, 1.165) is 16.6 Å². The summed E-state index contributed by atoms with van der Waals surface area (Å²) in [6, 6.07) is 4.05. The predicted octanol–water partition coefficient (Wildman–Crippen LogP) is 5.37. The molecule has 0 fully saturated rings. The highest BCUT2D eigenvalue weighted by Crippen LogP contribution is 2.23. The Morgan fingerprint density at radius 2 is 1.88 bits per heavy atom. The van der Waals surface area contributed by atoms with Crippen LogP contribution in [0.15, 0.2) is 15.9 Å². The number of halogens is 1. The number of Topliss-reactive ketones (excluding diaryl/α,β-unsaturated/α-hetero) is 1. The summed E-state index contributed by atoms with van der Waals surface area (Å²) in [5.74, 6) is 0.384. The first-order valence-electron chi connectivity index (χ1n) is 6.48. The van der Waals surface area contributed by atoms with Gasteiger partial charge < -0.3 is 0 Å². The Kier molecular flexibility index (Phi) is 7.78. The summed E-state index contributed by atoms with van der Waals surface area (Å²) in [4.78, 5) is 12.9. The van der Waals surface area contributed by atoms with E-state index in [2.05, 4.69) is 22.9 Å². The first kappa shape index (κ1) is 14.9. The maximum Gasteiger partial charge on any atom is 0.138 e. The van der Waals surface area contributed by atoms with E-state index in [-0.39, 0.29) is 0 Å². The first-order chi connectivity index (χ1) is 8.22. The summed E-state index contributed by atoms with van der Waals surface area (Å²) in [6.07, 6.45) is 8.86. The van der Waals surface area contributed by atoms with Crippen LogP contribution in [0.2, 0.25) is 0 Å². The smallest absolute Gasteiger partial charge is 0.138 e. The van der Waals surface area contributed by atoms with Gasteiger partial charge in [0, 0.05) is 17.7 Å². The van der Waals surface area contributed by atoms with E-state index in [4.69, 9.17) is 0 Å². The monoisotopic (exact) mass is 316 g/mol. The highest BCUT2D eigenvalue weighted by molar-refractivity contribution is 9.11. The molecule has 96 valence electrons. The molecule has 0 aliphatic heterocycles. The van der Waals surface area contributed by atoms with E-state index in [1.165, 1.54) is 37.0 Å². The van der Waals surface area contributed by atoms with Crippen LogP contribution in [-0.4, -0.2) is 5.78 Å². The molecule has 0 saturated heterocycles. The zero-order valence-electron chi connectivity index (χ0n) is 10.5. The van der Waals surface area contributed by atoms with Crippen LogP contribution in [0.3, 0.4) is 0 Å². The number of unbranched alkanes of at least 4 members (excludes halogenated alkanes) is 5. The van der Waals surface area contributed by atoms with Crippen LogP contribution in [-0.2, 0) is 11.2 Å². The van der Waals surface area contributed by atoms with Gasteiger partial charge in [-0.15, -0.1) is 11.3 Å². The summed E-state index contributed by atoms with van der Waals surface area (Å²) in [7, 11) is 0. The van der Waals surface area contributed by atoms with E-state index < -0.39 is 0 Å². The second-order valence-electron chi connectivity index (χ2n) is 4.44. The minimum absolute atomic E-state index is 0.384. The lowest BCUT2D eigenvalue weighted by Gasteiger charge is -2.00. The Morgan fingerprint density at radius 3 is 2.53 bits per heavy atom. The van der Waals surface area contributed by atoms with Crippen LogP contribution in [0.4, 0.5) is 0 Å². The predicted molar refractivity (Wildman–Crippen MR) is 78.7 cm³/mol. The highest BCUT2D eigenvalue weighted by atomic mass is 79.9. The molecule has 0 bridgehead atoms. The lowest BCUT2D eigenvalue weighted by Crippen LogP contribution is -2.00.